The summed E-state index contributed by atoms with van der Waals surface area (Å²) in [6.07, 6.45) is 11.3. The van der Waals surface area contributed by atoms with Gasteiger partial charge >= 0.3 is 0 Å². The Labute approximate surface area is 169 Å². The molecular formula is C23H35ClN2O. The predicted molar refractivity (Wildman–Crippen MR) is 116 cm³/mol. The van der Waals surface area contributed by atoms with Gasteiger partial charge in [0.05, 0.1) is 16.6 Å². The van der Waals surface area contributed by atoms with E-state index >= 15 is 0 Å². The Hall–Kier alpha value is -1.16. The number of aliphatic hydroxyl groups is 1. The minimum atomic E-state index is -0.522. The van der Waals surface area contributed by atoms with Gasteiger partial charge in [0.25, 0.3) is 0 Å². The van der Waals surface area contributed by atoms with Crippen LogP contribution in [0.1, 0.15) is 76.9 Å². The number of nitrogens with zero attached hydrogens (tertiary/aromatic N) is 2. The molecule has 1 heterocycles. The molecule has 0 bridgehead atoms. The first-order chi connectivity index (χ1) is 13.2. The number of benzene rings is 1. The highest BCUT2D eigenvalue weighted by molar-refractivity contribution is 6.35. The van der Waals surface area contributed by atoms with E-state index in [4.69, 9.17) is 11.6 Å². The second-order valence-electron chi connectivity index (χ2n) is 7.47. The molecule has 3 nitrogen and oxygen atoms in total. The molecule has 2 rings (SSSR count). The third-order valence-corrected chi connectivity index (χ3v) is 5.51. The molecule has 0 radical (unpaired) electrons. The zero-order valence-corrected chi connectivity index (χ0v) is 17.7. The first-order valence-corrected chi connectivity index (χ1v) is 11.0. The largest absolute Gasteiger partial charge is 0.387 e. The van der Waals surface area contributed by atoms with Gasteiger partial charge in [0.15, 0.2) is 0 Å². The third-order valence-electron chi connectivity index (χ3n) is 5.20. The maximum absolute atomic E-state index is 11.0. The average Bonchev–Trinajstić information content (AvgIpc) is 2.68. The molecule has 0 aliphatic heterocycles. The van der Waals surface area contributed by atoms with E-state index in [1.54, 1.807) is 6.20 Å². The molecule has 0 amide bonds. The molecule has 1 aromatic heterocycles. The number of fused-ring (bicyclic) bond motifs is 1. The van der Waals surface area contributed by atoms with E-state index < -0.39 is 6.10 Å². The standard InChI is InChI=1S/C23H35ClN2O/c1-3-5-7-9-16-26(17-10-8-6-4-2)18-22(27)19-13-14-21(24)23-20(19)12-11-15-25-23/h11-15,22,27H,3-10,16-18H2,1-2H3. The molecule has 1 atom stereocenters. The van der Waals surface area contributed by atoms with Gasteiger partial charge in [-0.3, -0.25) is 4.98 Å². The van der Waals surface area contributed by atoms with Crippen LogP contribution in [0.3, 0.4) is 0 Å². The maximum atomic E-state index is 11.0. The molecule has 0 saturated carbocycles. The summed E-state index contributed by atoms with van der Waals surface area (Å²) < 4.78 is 0. The molecule has 27 heavy (non-hydrogen) atoms. The fraction of sp³-hybridized carbons (Fsp3) is 0.609. The third kappa shape index (κ3) is 7.06. The molecule has 0 saturated heterocycles. The summed E-state index contributed by atoms with van der Waals surface area (Å²) in [5.74, 6) is 0. The second kappa shape index (κ2) is 12.3. The van der Waals surface area contributed by atoms with Gasteiger partial charge in [0.1, 0.15) is 0 Å². The molecular weight excluding hydrogens is 356 g/mol. The molecule has 4 heteroatoms. The normalized spacial score (nSPS) is 12.8. The molecule has 150 valence electrons. The number of hydrogen-bond acceptors (Lipinski definition) is 3. The monoisotopic (exact) mass is 390 g/mol. The molecule has 0 aliphatic rings. The van der Waals surface area contributed by atoms with Crippen molar-refractivity contribution in [3.63, 3.8) is 0 Å². The lowest BCUT2D eigenvalue weighted by Gasteiger charge is -2.26. The smallest absolute Gasteiger partial charge is 0.0923 e. The fourth-order valence-electron chi connectivity index (χ4n) is 3.61. The van der Waals surface area contributed by atoms with Gasteiger partial charge in [-0.05, 0) is 43.6 Å². The zero-order valence-electron chi connectivity index (χ0n) is 17.0. The van der Waals surface area contributed by atoms with Crippen LogP contribution in [0.4, 0.5) is 0 Å². The van der Waals surface area contributed by atoms with Crippen LogP contribution >= 0.6 is 11.6 Å². The van der Waals surface area contributed by atoms with Crippen molar-refractivity contribution < 1.29 is 5.11 Å². The van der Waals surface area contributed by atoms with Crippen LogP contribution in [0, 0.1) is 0 Å². The zero-order chi connectivity index (χ0) is 19.5. The molecule has 1 aromatic carbocycles. The topological polar surface area (TPSA) is 36.4 Å². The average molecular weight is 391 g/mol. The number of hydrogen-bond donors (Lipinski definition) is 1. The van der Waals surface area contributed by atoms with Gasteiger partial charge < -0.3 is 10.0 Å². The minimum absolute atomic E-state index is 0.522. The summed E-state index contributed by atoms with van der Waals surface area (Å²) in [4.78, 5) is 6.82. The Morgan fingerprint density at radius 1 is 0.963 bits per heavy atom. The van der Waals surface area contributed by atoms with Crippen LogP contribution in [0.15, 0.2) is 30.5 Å². The highest BCUT2D eigenvalue weighted by atomic mass is 35.5. The first-order valence-electron chi connectivity index (χ1n) is 10.6. The van der Waals surface area contributed by atoms with Crippen LogP contribution in [-0.2, 0) is 0 Å². The van der Waals surface area contributed by atoms with Gasteiger partial charge in [-0.15, -0.1) is 0 Å². The van der Waals surface area contributed by atoms with Crippen molar-refractivity contribution in [1.82, 2.24) is 9.88 Å². The van der Waals surface area contributed by atoms with Crippen LogP contribution in [0.25, 0.3) is 10.9 Å². The Balaban J connectivity index is 2.04. The van der Waals surface area contributed by atoms with Crippen molar-refractivity contribution in [2.45, 2.75) is 71.3 Å². The number of aromatic nitrogens is 1. The van der Waals surface area contributed by atoms with Gasteiger partial charge in [0, 0.05) is 18.1 Å². The van der Waals surface area contributed by atoms with E-state index in [9.17, 15) is 5.11 Å². The van der Waals surface area contributed by atoms with E-state index in [0.717, 1.165) is 29.6 Å². The first kappa shape index (κ1) is 22.1. The highest BCUT2D eigenvalue weighted by Crippen LogP contribution is 2.29. The summed E-state index contributed by atoms with van der Waals surface area (Å²) in [6, 6.07) is 7.70. The molecule has 1 N–H and O–H groups in total. The summed E-state index contributed by atoms with van der Waals surface area (Å²) in [7, 11) is 0. The van der Waals surface area contributed by atoms with Crippen molar-refractivity contribution in [2.75, 3.05) is 19.6 Å². The Kier molecular flexibility index (Phi) is 10.1. The summed E-state index contributed by atoms with van der Waals surface area (Å²) in [5, 5.41) is 12.6. The summed E-state index contributed by atoms with van der Waals surface area (Å²) >= 11 is 6.28. The van der Waals surface area contributed by atoms with E-state index in [2.05, 4.69) is 23.7 Å². The van der Waals surface area contributed by atoms with Gasteiger partial charge in [0.2, 0.25) is 0 Å². The number of pyridine rings is 1. The van der Waals surface area contributed by atoms with E-state index in [1.807, 2.05) is 24.3 Å². The lowest BCUT2D eigenvalue weighted by molar-refractivity contribution is 0.111. The molecule has 0 aliphatic carbocycles. The van der Waals surface area contributed by atoms with Gasteiger partial charge in [-0.1, -0.05) is 76.1 Å². The van der Waals surface area contributed by atoms with Crippen LogP contribution in [0.5, 0.6) is 0 Å². The van der Waals surface area contributed by atoms with Crippen molar-refractivity contribution in [1.29, 1.82) is 0 Å². The summed E-state index contributed by atoms with van der Waals surface area (Å²) in [6.45, 7) is 7.28. The molecule has 0 spiro atoms. The molecule has 0 fully saturated rings. The van der Waals surface area contributed by atoms with E-state index in [-0.39, 0.29) is 0 Å². The van der Waals surface area contributed by atoms with Crippen LogP contribution in [-0.4, -0.2) is 34.6 Å². The number of rotatable bonds is 13. The van der Waals surface area contributed by atoms with E-state index in [1.165, 1.54) is 51.4 Å². The number of halogens is 1. The Morgan fingerprint density at radius 2 is 1.63 bits per heavy atom. The molecule has 2 aromatic rings. The fourth-order valence-corrected chi connectivity index (χ4v) is 3.83. The van der Waals surface area contributed by atoms with Crippen LogP contribution in [0.2, 0.25) is 5.02 Å². The highest BCUT2D eigenvalue weighted by Gasteiger charge is 2.17. The quantitative estimate of drug-likeness (QED) is 0.403. The Morgan fingerprint density at radius 3 is 2.26 bits per heavy atom. The number of unbranched alkanes of at least 4 members (excludes halogenated alkanes) is 6. The van der Waals surface area contributed by atoms with Crippen molar-refractivity contribution in [3.8, 4) is 0 Å². The SMILES string of the molecule is CCCCCCN(CCCCCC)CC(O)c1ccc(Cl)c2ncccc12. The summed E-state index contributed by atoms with van der Waals surface area (Å²) in [5.41, 5.74) is 1.70. The second-order valence-corrected chi connectivity index (χ2v) is 7.88. The number of aliphatic hydroxyl groups excluding tert-OH is 1. The predicted octanol–water partition coefficient (Wildman–Crippen LogP) is 6.38. The lowest BCUT2D eigenvalue weighted by Crippen LogP contribution is -2.31. The maximum Gasteiger partial charge on any atom is 0.0923 e. The van der Waals surface area contributed by atoms with Gasteiger partial charge in [-0.2, -0.15) is 0 Å². The lowest BCUT2D eigenvalue weighted by atomic mass is 10.0. The molecule has 1 unspecified atom stereocenters. The van der Waals surface area contributed by atoms with Gasteiger partial charge in [-0.25, -0.2) is 0 Å². The van der Waals surface area contributed by atoms with Crippen molar-refractivity contribution in [2.24, 2.45) is 0 Å². The van der Waals surface area contributed by atoms with Crippen molar-refractivity contribution >= 4 is 22.5 Å². The minimum Gasteiger partial charge on any atom is -0.387 e. The Bertz CT molecular complexity index is 664. The van der Waals surface area contributed by atoms with E-state index in [0.29, 0.717) is 11.6 Å². The van der Waals surface area contributed by atoms with Crippen molar-refractivity contribution in [3.05, 3.63) is 41.0 Å². The van der Waals surface area contributed by atoms with Crippen LogP contribution < -0.4 is 0 Å².